The molecule has 0 aliphatic carbocycles. The molecule has 0 amide bonds. The maximum absolute atomic E-state index is 13.9. The van der Waals surface area contributed by atoms with Gasteiger partial charge in [-0.1, -0.05) is 42.5 Å². The molecule has 1 N–H and O–H groups in total. The quantitative estimate of drug-likeness (QED) is 0.292. The van der Waals surface area contributed by atoms with Crippen molar-refractivity contribution in [3.63, 3.8) is 0 Å². The number of aromatic hydroxyl groups is 1. The second-order valence-electron chi connectivity index (χ2n) is 8.68. The van der Waals surface area contributed by atoms with Gasteiger partial charge in [-0.2, -0.15) is 9.37 Å². The molecule has 0 spiro atoms. The van der Waals surface area contributed by atoms with Crippen molar-refractivity contribution >= 4 is 9.84 Å². The minimum atomic E-state index is -4.52. The fraction of sp³-hybridized carbons (Fsp3) is 0.250. The fourth-order valence-electron chi connectivity index (χ4n) is 4.31. The highest BCUT2D eigenvalue weighted by molar-refractivity contribution is 7.91. The molecule has 0 aliphatic heterocycles. The summed E-state index contributed by atoms with van der Waals surface area (Å²) < 4.78 is 53.4. The van der Waals surface area contributed by atoms with Crippen LogP contribution in [0.1, 0.15) is 29.9 Å². The zero-order chi connectivity index (χ0) is 28.2. The summed E-state index contributed by atoms with van der Waals surface area (Å²) in [6, 6.07) is 15.5. The van der Waals surface area contributed by atoms with Crippen LogP contribution < -0.4 is 5.56 Å². The first kappa shape index (κ1) is 28.1. The van der Waals surface area contributed by atoms with Crippen LogP contribution in [0.5, 0.6) is 5.88 Å². The van der Waals surface area contributed by atoms with Gasteiger partial charge in [-0.25, -0.2) is 13.4 Å². The minimum absolute atomic E-state index is 0.0507. The van der Waals surface area contributed by atoms with Gasteiger partial charge in [0.2, 0.25) is 21.7 Å². The first-order chi connectivity index (χ1) is 18.7. The predicted octanol–water partition coefficient (Wildman–Crippen LogP) is 4.06. The molecule has 11 heteroatoms. The lowest BCUT2D eigenvalue weighted by Crippen LogP contribution is -2.29. The normalized spacial score (nSPS) is 12.4. The van der Waals surface area contributed by atoms with Crippen LogP contribution in [-0.4, -0.2) is 48.4 Å². The van der Waals surface area contributed by atoms with Crippen LogP contribution in [0.3, 0.4) is 0 Å². The number of nitrogens with zero attached hydrogens (tertiary/aromatic N) is 3. The molecule has 4 aromatic rings. The first-order valence-corrected chi connectivity index (χ1v) is 13.6. The van der Waals surface area contributed by atoms with E-state index in [9.17, 15) is 22.7 Å². The monoisotopic (exact) mass is 553 g/mol. The number of sulfone groups is 1. The third-order valence-electron chi connectivity index (χ3n) is 6.28. The zero-order valence-electron chi connectivity index (χ0n) is 21.7. The summed E-state index contributed by atoms with van der Waals surface area (Å²) in [5.74, 6) is -1.35. The number of aromatic nitrogens is 3. The number of halogens is 1. The van der Waals surface area contributed by atoms with Crippen molar-refractivity contribution in [1.29, 1.82) is 0 Å². The SMILES string of the molecule is CCOCc1nc(=O)c(S(=O)(=O)c2ccc(-c3ccnc(F)c3C)cc2)c(O)n1[C@@H](COC)c1ccccc1. The maximum atomic E-state index is 13.9. The highest BCUT2D eigenvalue weighted by Crippen LogP contribution is 2.33. The van der Waals surface area contributed by atoms with Gasteiger partial charge in [0.05, 0.1) is 17.5 Å². The molecule has 39 heavy (non-hydrogen) atoms. The molecule has 1 atom stereocenters. The highest BCUT2D eigenvalue weighted by Gasteiger charge is 2.32. The van der Waals surface area contributed by atoms with Crippen molar-refractivity contribution in [1.82, 2.24) is 14.5 Å². The topological polar surface area (TPSA) is 121 Å². The van der Waals surface area contributed by atoms with Crippen LogP contribution in [0.25, 0.3) is 11.1 Å². The number of hydrogen-bond donors (Lipinski definition) is 1. The first-order valence-electron chi connectivity index (χ1n) is 12.1. The number of pyridine rings is 1. The number of hydrogen-bond acceptors (Lipinski definition) is 8. The molecule has 204 valence electrons. The summed E-state index contributed by atoms with van der Waals surface area (Å²) in [5, 5.41) is 11.4. The fourth-order valence-corrected chi connectivity index (χ4v) is 5.66. The molecule has 4 rings (SSSR count). The maximum Gasteiger partial charge on any atom is 0.296 e. The lowest BCUT2D eigenvalue weighted by molar-refractivity contribution is 0.114. The zero-order valence-corrected chi connectivity index (χ0v) is 22.5. The van der Waals surface area contributed by atoms with E-state index in [2.05, 4.69) is 9.97 Å². The molecule has 0 bridgehead atoms. The van der Waals surface area contributed by atoms with Crippen LogP contribution >= 0.6 is 0 Å². The molecule has 0 unspecified atom stereocenters. The Hall–Kier alpha value is -3.93. The van der Waals surface area contributed by atoms with Crippen molar-refractivity contribution in [2.24, 2.45) is 0 Å². The van der Waals surface area contributed by atoms with Crippen molar-refractivity contribution in [2.75, 3.05) is 20.3 Å². The van der Waals surface area contributed by atoms with Gasteiger partial charge in [-0.3, -0.25) is 9.36 Å². The average Bonchev–Trinajstić information content (AvgIpc) is 2.93. The Balaban J connectivity index is 1.87. The Morgan fingerprint density at radius 3 is 2.41 bits per heavy atom. The van der Waals surface area contributed by atoms with Crippen LogP contribution in [0.15, 0.2) is 81.4 Å². The molecule has 0 radical (unpaired) electrons. The minimum Gasteiger partial charge on any atom is -0.493 e. The van der Waals surface area contributed by atoms with E-state index in [0.717, 1.165) is 0 Å². The summed E-state index contributed by atoms with van der Waals surface area (Å²) in [5.41, 5.74) is 1.00. The van der Waals surface area contributed by atoms with Gasteiger partial charge in [0, 0.05) is 25.5 Å². The Bertz CT molecular complexity index is 1620. The lowest BCUT2D eigenvalue weighted by atomic mass is 10.0. The summed E-state index contributed by atoms with van der Waals surface area (Å²) in [7, 11) is -3.05. The van der Waals surface area contributed by atoms with Crippen LogP contribution in [0, 0.1) is 12.9 Å². The van der Waals surface area contributed by atoms with Crippen molar-refractivity contribution < 1.29 is 27.4 Å². The molecule has 9 nitrogen and oxygen atoms in total. The molecular formula is C28H28FN3O6S. The summed E-state index contributed by atoms with van der Waals surface area (Å²) in [6.07, 6.45) is 1.32. The van der Waals surface area contributed by atoms with Crippen molar-refractivity contribution in [2.45, 2.75) is 36.3 Å². The summed E-state index contributed by atoms with van der Waals surface area (Å²) >= 11 is 0. The largest absolute Gasteiger partial charge is 0.493 e. The third-order valence-corrected chi connectivity index (χ3v) is 8.06. The van der Waals surface area contributed by atoms with E-state index in [1.165, 1.54) is 42.1 Å². The van der Waals surface area contributed by atoms with E-state index in [1.54, 1.807) is 44.2 Å². The molecule has 0 fully saturated rings. The van der Waals surface area contributed by atoms with E-state index in [0.29, 0.717) is 28.9 Å². The summed E-state index contributed by atoms with van der Waals surface area (Å²) in [6.45, 7) is 3.56. The van der Waals surface area contributed by atoms with Crippen molar-refractivity contribution in [3.8, 4) is 17.0 Å². The van der Waals surface area contributed by atoms with Crippen LogP contribution in [-0.2, 0) is 25.9 Å². The molecular weight excluding hydrogens is 525 g/mol. The van der Waals surface area contributed by atoms with Gasteiger partial charge in [0.1, 0.15) is 12.4 Å². The molecule has 0 saturated heterocycles. The van der Waals surface area contributed by atoms with E-state index < -0.39 is 38.2 Å². The molecule has 2 aromatic carbocycles. The Morgan fingerprint density at radius 1 is 1.08 bits per heavy atom. The van der Waals surface area contributed by atoms with Crippen LogP contribution in [0.4, 0.5) is 4.39 Å². The van der Waals surface area contributed by atoms with Gasteiger partial charge < -0.3 is 14.6 Å². The number of methoxy groups -OCH3 is 1. The summed E-state index contributed by atoms with van der Waals surface area (Å²) in [4.78, 5) is 19.6. The number of rotatable bonds is 10. The lowest BCUT2D eigenvalue weighted by Gasteiger charge is -2.25. The molecule has 0 aliphatic rings. The number of benzene rings is 2. The van der Waals surface area contributed by atoms with E-state index in [1.807, 2.05) is 6.07 Å². The second kappa shape index (κ2) is 11.9. The van der Waals surface area contributed by atoms with Gasteiger partial charge in [-0.05, 0) is 48.7 Å². The third kappa shape index (κ3) is 5.60. The Morgan fingerprint density at radius 2 is 1.77 bits per heavy atom. The Kier molecular flexibility index (Phi) is 8.54. The van der Waals surface area contributed by atoms with Gasteiger partial charge >= 0.3 is 0 Å². The van der Waals surface area contributed by atoms with Gasteiger partial charge in [0.25, 0.3) is 5.56 Å². The molecule has 2 heterocycles. The van der Waals surface area contributed by atoms with E-state index in [-0.39, 0.29) is 23.9 Å². The second-order valence-corrected chi connectivity index (χ2v) is 10.6. The molecule has 0 saturated carbocycles. The average molecular weight is 554 g/mol. The molecule has 2 aromatic heterocycles. The number of ether oxygens (including phenoxy) is 2. The van der Waals surface area contributed by atoms with Gasteiger partial charge in [-0.15, -0.1) is 0 Å². The highest BCUT2D eigenvalue weighted by atomic mass is 32.2. The predicted molar refractivity (Wildman–Crippen MR) is 142 cm³/mol. The van der Waals surface area contributed by atoms with Crippen LogP contribution in [0.2, 0.25) is 0 Å². The standard InChI is InChI=1S/C28H28FN3O6S/c1-4-38-17-24-31-27(33)25(28(34)32(24)23(16-37-3)20-8-6-5-7-9-20)39(35,36)21-12-10-19(11-13-21)22-14-15-30-26(29)18(22)2/h5-15,23,34H,4,16-17H2,1-3H3/t23-/m0/s1. The van der Waals surface area contributed by atoms with E-state index in [4.69, 9.17) is 9.47 Å². The smallest absolute Gasteiger partial charge is 0.296 e. The van der Waals surface area contributed by atoms with Gasteiger partial charge in [0.15, 0.2) is 4.90 Å². The Labute approximate surface area is 225 Å². The van der Waals surface area contributed by atoms with E-state index >= 15 is 0 Å². The van der Waals surface area contributed by atoms with Crippen molar-refractivity contribution in [3.05, 3.63) is 100 Å².